The summed E-state index contributed by atoms with van der Waals surface area (Å²) in [6, 6.07) is 4.96. The van der Waals surface area contributed by atoms with Crippen LogP contribution in [0.15, 0.2) is 16.9 Å². The average molecular weight is 330 g/mol. The maximum absolute atomic E-state index is 13.4. The van der Waals surface area contributed by atoms with E-state index in [0.29, 0.717) is 5.56 Å². The Kier molecular flexibility index (Phi) is 4.54. The van der Waals surface area contributed by atoms with Gasteiger partial charge in [-0.25, -0.2) is 9.07 Å². The zero-order chi connectivity index (χ0) is 15.7. The number of ether oxygens (including phenoxy) is 1. The first-order chi connectivity index (χ1) is 9.81. The molecule has 1 heterocycles. The highest BCUT2D eigenvalue weighted by atomic mass is 35.5. The zero-order valence-electron chi connectivity index (χ0n) is 11.6. The molecule has 0 atom stereocenters. The van der Waals surface area contributed by atoms with Crippen LogP contribution in [0.1, 0.15) is 25.3 Å². The first-order valence-corrected chi connectivity index (χ1v) is 6.88. The van der Waals surface area contributed by atoms with Gasteiger partial charge in [-0.15, -0.1) is 5.10 Å². The van der Waals surface area contributed by atoms with Crippen molar-refractivity contribution in [3.63, 3.8) is 0 Å². The molecule has 0 aliphatic heterocycles. The Hall–Kier alpha value is -1.59. The Morgan fingerprint density at radius 3 is 2.71 bits per heavy atom. The molecule has 0 aliphatic carbocycles. The molecule has 0 N–H and O–H groups in total. The van der Waals surface area contributed by atoms with Gasteiger partial charge in [-0.2, -0.15) is 0 Å². The molecule has 0 aliphatic rings. The van der Waals surface area contributed by atoms with Gasteiger partial charge in [-0.1, -0.05) is 37.0 Å². The smallest absolute Gasteiger partial charge is 0.270 e. The Labute approximate surface area is 131 Å². The molecule has 0 spiro atoms. The summed E-state index contributed by atoms with van der Waals surface area (Å²) in [5, 5.41) is 3.77. The van der Waals surface area contributed by atoms with E-state index in [4.69, 9.17) is 27.9 Å². The van der Waals surface area contributed by atoms with Crippen LogP contribution in [0.5, 0.6) is 11.6 Å². The van der Waals surface area contributed by atoms with Crippen LogP contribution in [0.4, 0.5) is 4.39 Å². The maximum Gasteiger partial charge on any atom is 0.270 e. The molecule has 1 aromatic heterocycles. The molecule has 1 aromatic carbocycles. The van der Waals surface area contributed by atoms with Crippen molar-refractivity contribution in [1.29, 1.82) is 0 Å². The van der Waals surface area contributed by atoms with Gasteiger partial charge in [0.1, 0.15) is 5.02 Å². The van der Waals surface area contributed by atoms with Crippen LogP contribution in [0.25, 0.3) is 0 Å². The van der Waals surface area contributed by atoms with Gasteiger partial charge in [0.2, 0.25) is 5.88 Å². The molecule has 1 radical (unpaired) electrons. The first kappa shape index (κ1) is 15.8. The summed E-state index contributed by atoms with van der Waals surface area (Å²) in [5.74, 6) is -0.739. The lowest BCUT2D eigenvalue weighted by molar-refractivity contribution is 0.434. The quantitative estimate of drug-likeness (QED) is 0.801. The molecule has 0 fully saturated rings. The molecular weight excluding hydrogens is 318 g/mol. The summed E-state index contributed by atoms with van der Waals surface area (Å²) in [5.41, 5.74) is 0.305. The molecule has 0 bridgehead atoms. The van der Waals surface area contributed by atoms with E-state index in [1.54, 1.807) is 0 Å². The van der Waals surface area contributed by atoms with E-state index in [-0.39, 0.29) is 33.2 Å². The second kappa shape index (κ2) is 6.03. The topological polar surface area (TPSA) is 44.1 Å². The van der Waals surface area contributed by atoms with Crippen molar-refractivity contribution in [2.24, 2.45) is 7.05 Å². The third-order valence-electron chi connectivity index (χ3n) is 2.83. The predicted molar refractivity (Wildman–Crippen MR) is 78.9 cm³/mol. The van der Waals surface area contributed by atoms with Crippen molar-refractivity contribution in [2.75, 3.05) is 0 Å². The number of halogens is 3. The van der Waals surface area contributed by atoms with Gasteiger partial charge in [0, 0.05) is 24.7 Å². The Balaban J connectivity index is 2.51. The lowest BCUT2D eigenvalue weighted by Crippen LogP contribution is -2.24. The van der Waals surface area contributed by atoms with Crippen molar-refractivity contribution in [2.45, 2.75) is 19.8 Å². The van der Waals surface area contributed by atoms with Crippen molar-refractivity contribution < 1.29 is 9.13 Å². The number of rotatable bonds is 3. The normalized spacial score (nSPS) is 11.0. The highest BCUT2D eigenvalue weighted by Crippen LogP contribution is 2.37. The van der Waals surface area contributed by atoms with Gasteiger partial charge in [-0.05, 0) is 12.0 Å². The fourth-order valence-electron chi connectivity index (χ4n) is 1.73. The highest BCUT2D eigenvalue weighted by molar-refractivity contribution is 6.37. The van der Waals surface area contributed by atoms with Crippen LogP contribution in [-0.4, -0.2) is 9.78 Å². The summed E-state index contributed by atoms with van der Waals surface area (Å²) >= 11 is 11.7. The third kappa shape index (κ3) is 3.19. The van der Waals surface area contributed by atoms with Crippen LogP contribution in [-0.2, 0) is 7.05 Å². The number of hydrogen-bond donors (Lipinski definition) is 0. The van der Waals surface area contributed by atoms with Crippen molar-refractivity contribution >= 4 is 23.2 Å². The van der Waals surface area contributed by atoms with E-state index in [2.05, 4.69) is 11.2 Å². The summed E-state index contributed by atoms with van der Waals surface area (Å²) < 4.78 is 20.0. The highest BCUT2D eigenvalue weighted by Gasteiger charge is 2.16. The molecule has 0 unspecified atom stereocenters. The third-order valence-corrected chi connectivity index (χ3v) is 3.45. The molecule has 7 heteroatoms. The van der Waals surface area contributed by atoms with Crippen LogP contribution in [0, 0.1) is 11.9 Å². The molecule has 111 valence electrons. The number of nitrogens with zero attached hydrogens (tertiary/aromatic N) is 2. The Morgan fingerprint density at radius 2 is 2.10 bits per heavy atom. The molecule has 2 aromatic rings. The van der Waals surface area contributed by atoms with Gasteiger partial charge < -0.3 is 4.74 Å². The Morgan fingerprint density at radius 1 is 1.43 bits per heavy atom. The minimum atomic E-state index is -0.773. The summed E-state index contributed by atoms with van der Waals surface area (Å²) in [6.07, 6.45) is 0. The number of aryl methyl sites for hydroxylation is 1. The van der Waals surface area contributed by atoms with Gasteiger partial charge in [-0.3, -0.25) is 4.79 Å². The van der Waals surface area contributed by atoms with Crippen molar-refractivity contribution in [1.82, 2.24) is 9.78 Å². The largest absolute Gasteiger partial charge is 0.434 e. The van der Waals surface area contributed by atoms with E-state index in [9.17, 15) is 9.18 Å². The number of benzene rings is 1. The Bertz CT molecular complexity index is 744. The van der Waals surface area contributed by atoms with Crippen molar-refractivity contribution in [3.8, 4) is 11.6 Å². The van der Waals surface area contributed by atoms with E-state index < -0.39 is 5.82 Å². The lowest BCUT2D eigenvalue weighted by atomic mass is 10.1. The van der Waals surface area contributed by atoms with Crippen LogP contribution >= 0.6 is 23.2 Å². The average Bonchev–Trinajstić information content (AvgIpc) is 2.42. The second-order valence-electron chi connectivity index (χ2n) is 4.72. The van der Waals surface area contributed by atoms with Crippen LogP contribution < -0.4 is 10.3 Å². The standard InChI is InChI=1S/C14H12Cl2FN2O2/c1-7(2)8-6-11(18-19(3)14(8)20)21-13-9(15)4-5-10(17)12(13)16/h4,6-7H,1-3H3. The van der Waals surface area contributed by atoms with Gasteiger partial charge in [0.15, 0.2) is 11.6 Å². The van der Waals surface area contributed by atoms with Gasteiger partial charge >= 0.3 is 0 Å². The molecular formula is C14H12Cl2FN2O2. The van der Waals surface area contributed by atoms with Crippen molar-refractivity contribution in [3.05, 3.63) is 50.0 Å². The fraction of sp³-hybridized carbons (Fsp3) is 0.286. The first-order valence-electron chi connectivity index (χ1n) is 6.12. The molecule has 0 amide bonds. The van der Waals surface area contributed by atoms with E-state index in [1.165, 1.54) is 19.2 Å². The molecule has 2 rings (SSSR count). The SMILES string of the molecule is CC(C)c1cc(Oc2c(Cl)c[c]c(F)c2Cl)nn(C)c1=O. The maximum atomic E-state index is 13.4. The van der Waals surface area contributed by atoms with E-state index in [0.717, 1.165) is 4.68 Å². The van der Waals surface area contributed by atoms with Gasteiger partial charge in [0.25, 0.3) is 5.56 Å². The minimum absolute atomic E-state index is 0.0131. The molecule has 21 heavy (non-hydrogen) atoms. The molecule has 0 saturated carbocycles. The molecule has 0 saturated heterocycles. The van der Waals surface area contributed by atoms with Crippen LogP contribution in [0.2, 0.25) is 10.0 Å². The van der Waals surface area contributed by atoms with E-state index in [1.807, 2.05) is 13.8 Å². The number of hydrogen-bond acceptors (Lipinski definition) is 3. The monoisotopic (exact) mass is 329 g/mol. The summed E-state index contributed by atoms with van der Waals surface area (Å²) in [6.45, 7) is 3.75. The summed E-state index contributed by atoms with van der Waals surface area (Å²) in [4.78, 5) is 11.9. The van der Waals surface area contributed by atoms with Gasteiger partial charge in [0.05, 0.1) is 5.02 Å². The lowest BCUT2D eigenvalue weighted by Gasteiger charge is -2.12. The van der Waals surface area contributed by atoms with Crippen LogP contribution in [0.3, 0.4) is 0 Å². The second-order valence-corrected chi connectivity index (χ2v) is 5.50. The predicted octanol–water partition coefficient (Wildman–Crippen LogP) is 3.94. The van der Waals surface area contributed by atoms with E-state index >= 15 is 0 Å². The zero-order valence-corrected chi connectivity index (χ0v) is 13.1. The summed E-state index contributed by atoms with van der Waals surface area (Å²) in [7, 11) is 1.50. The fourth-order valence-corrected chi connectivity index (χ4v) is 2.16. The molecule has 4 nitrogen and oxygen atoms in total. The minimum Gasteiger partial charge on any atom is -0.434 e. The number of aromatic nitrogens is 2.